The van der Waals surface area contributed by atoms with Crippen LogP contribution in [0.1, 0.15) is 0 Å². The summed E-state index contributed by atoms with van der Waals surface area (Å²) in [6.07, 6.45) is 0. The average molecular weight is 273 g/mol. The third-order valence-corrected chi connectivity index (χ3v) is 2.07. The third-order valence-electron chi connectivity index (χ3n) is 1.58. The number of ether oxygens (including phenoxy) is 1. The molecule has 0 spiro atoms. The smallest absolute Gasteiger partial charge is 0.469 e. The summed E-state index contributed by atoms with van der Waals surface area (Å²) in [7, 11) is -4.68. The Morgan fingerprint density at radius 2 is 2.00 bits per heavy atom. The van der Waals surface area contributed by atoms with Gasteiger partial charge in [-0.3, -0.25) is 9.32 Å². The zero-order chi connectivity index (χ0) is 13.3. The summed E-state index contributed by atoms with van der Waals surface area (Å²) in [5, 5.41) is 19.6. The van der Waals surface area contributed by atoms with Crippen molar-refractivity contribution < 1.29 is 38.6 Å². The van der Waals surface area contributed by atoms with Gasteiger partial charge < -0.3 is 30.1 Å². The van der Waals surface area contributed by atoms with Crippen molar-refractivity contribution in [3.8, 4) is 0 Å². The van der Waals surface area contributed by atoms with E-state index in [0.717, 1.165) is 0 Å². The van der Waals surface area contributed by atoms with Gasteiger partial charge in [-0.15, -0.1) is 0 Å². The van der Waals surface area contributed by atoms with E-state index in [-0.39, 0.29) is 26.4 Å². The van der Waals surface area contributed by atoms with Crippen LogP contribution in [0.15, 0.2) is 0 Å². The first kappa shape index (κ1) is 16.5. The second-order valence-corrected chi connectivity index (χ2v) is 4.21. The molecular formula is C7H16NO8P. The highest BCUT2D eigenvalue weighted by Gasteiger charge is 2.22. The Morgan fingerprint density at radius 1 is 1.35 bits per heavy atom. The molecule has 0 saturated carbocycles. The summed E-state index contributed by atoms with van der Waals surface area (Å²) in [5.74, 6) is -1.29. The standard InChI is InChI=1S/C7H16NO8P/c9-2-4-15-3-1-8-6(7(10)11)5-16-17(12,13)14/h6,8-9H,1-5H2,(H,10,11)(H2,12,13,14). The normalized spacial score (nSPS) is 13.6. The Balaban J connectivity index is 3.84. The molecule has 1 atom stereocenters. The van der Waals surface area contributed by atoms with Crippen molar-refractivity contribution in [3.63, 3.8) is 0 Å². The SMILES string of the molecule is O=C(O)C(COP(=O)(O)O)NCCOCCO. The van der Waals surface area contributed by atoms with Crippen LogP contribution >= 0.6 is 7.82 Å². The Labute approximate surface area is 97.6 Å². The minimum Gasteiger partial charge on any atom is -0.480 e. The molecule has 9 nitrogen and oxygen atoms in total. The molecule has 0 saturated heterocycles. The summed E-state index contributed by atoms with van der Waals surface area (Å²) in [6.45, 7) is -0.330. The van der Waals surface area contributed by atoms with Crippen molar-refractivity contribution in [2.45, 2.75) is 6.04 Å². The average Bonchev–Trinajstić information content (AvgIpc) is 2.20. The number of rotatable bonds is 10. The number of phosphoric ester groups is 1. The van der Waals surface area contributed by atoms with E-state index in [1.807, 2.05) is 0 Å². The van der Waals surface area contributed by atoms with E-state index in [2.05, 4.69) is 9.84 Å². The molecule has 5 N–H and O–H groups in total. The van der Waals surface area contributed by atoms with E-state index < -0.39 is 26.4 Å². The van der Waals surface area contributed by atoms with Crippen LogP contribution in [0.2, 0.25) is 0 Å². The fraction of sp³-hybridized carbons (Fsp3) is 0.857. The monoisotopic (exact) mass is 273 g/mol. The van der Waals surface area contributed by atoms with Crippen LogP contribution in [-0.4, -0.2) is 65.0 Å². The van der Waals surface area contributed by atoms with Crippen molar-refractivity contribution >= 4 is 13.8 Å². The molecule has 0 aliphatic heterocycles. The summed E-state index contributed by atoms with van der Waals surface area (Å²) >= 11 is 0. The molecule has 0 aliphatic carbocycles. The third kappa shape index (κ3) is 10.3. The van der Waals surface area contributed by atoms with E-state index in [1.165, 1.54) is 0 Å². The molecule has 0 radical (unpaired) electrons. The van der Waals surface area contributed by atoms with Crippen LogP contribution in [0.4, 0.5) is 0 Å². The Bertz CT molecular complexity index is 267. The lowest BCUT2D eigenvalue weighted by Crippen LogP contribution is -2.41. The van der Waals surface area contributed by atoms with Gasteiger partial charge in [0.25, 0.3) is 0 Å². The number of phosphoric acid groups is 1. The van der Waals surface area contributed by atoms with Crippen LogP contribution < -0.4 is 5.32 Å². The van der Waals surface area contributed by atoms with Gasteiger partial charge in [-0.25, -0.2) is 4.57 Å². The highest BCUT2D eigenvalue weighted by Crippen LogP contribution is 2.35. The minimum absolute atomic E-state index is 0.135. The summed E-state index contributed by atoms with van der Waals surface area (Å²) in [6, 6.07) is -1.24. The Hall–Kier alpha value is -0.540. The summed E-state index contributed by atoms with van der Waals surface area (Å²) < 4.78 is 19.3. The van der Waals surface area contributed by atoms with Crippen molar-refractivity contribution in [2.24, 2.45) is 0 Å². The van der Waals surface area contributed by atoms with Gasteiger partial charge in [0.1, 0.15) is 6.04 Å². The number of aliphatic hydroxyl groups is 1. The molecule has 0 rings (SSSR count). The predicted molar refractivity (Wildman–Crippen MR) is 55.3 cm³/mol. The molecular weight excluding hydrogens is 257 g/mol. The maximum atomic E-state index is 10.7. The van der Waals surface area contributed by atoms with Crippen LogP contribution in [0, 0.1) is 0 Å². The van der Waals surface area contributed by atoms with E-state index >= 15 is 0 Å². The van der Waals surface area contributed by atoms with Gasteiger partial charge in [0.05, 0.1) is 26.4 Å². The lowest BCUT2D eigenvalue weighted by atomic mass is 10.3. The number of carboxylic acids is 1. The fourth-order valence-electron chi connectivity index (χ4n) is 0.861. The van der Waals surface area contributed by atoms with Crippen LogP contribution in [-0.2, 0) is 18.6 Å². The maximum Gasteiger partial charge on any atom is 0.469 e. The molecule has 0 aromatic rings. The number of hydrogen-bond acceptors (Lipinski definition) is 6. The first-order valence-corrected chi connectivity index (χ1v) is 6.24. The van der Waals surface area contributed by atoms with Gasteiger partial charge in [-0.2, -0.15) is 0 Å². The van der Waals surface area contributed by atoms with Gasteiger partial charge in [0.2, 0.25) is 0 Å². The van der Waals surface area contributed by atoms with Gasteiger partial charge in [-0.05, 0) is 0 Å². The number of carbonyl (C=O) groups is 1. The lowest BCUT2D eigenvalue weighted by molar-refractivity contribution is -0.140. The highest BCUT2D eigenvalue weighted by atomic mass is 31.2. The number of aliphatic carboxylic acids is 1. The second kappa shape index (κ2) is 8.54. The van der Waals surface area contributed by atoms with E-state index in [4.69, 9.17) is 24.7 Å². The zero-order valence-electron chi connectivity index (χ0n) is 8.98. The molecule has 0 heterocycles. The van der Waals surface area contributed by atoms with Gasteiger partial charge in [-0.1, -0.05) is 0 Å². The quantitative estimate of drug-likeness (QED) is 0.228. The number of aliphatic hydroxyl groups excluding tert-OH is 1. The molecule has 0 fully saturated rings. The van der Waals surface area contributed by atoms with Crippen LogP contribution in [0.3, 0.4) is 0 Å². The Morgan fingerprint density at radius 3 is 2.47 bits per heavy atom. The maximum absolute atomic E-state index is 10.7. The topological polar surface area (TPSA) is 146 Å². The molecule has 0 aromatic carbocycles. The Kier molecular flexibility index (Phi) is 8.26. The first-order chi connectivity index (χ1) is 7.87. The highest BCUT2D eigenvalue weighted by molar-refractivity contribution is 7.46. The van der Waals surface area contributed by atoms with E-state index in [9.17, 15) is 9.36 Å². The fourth-order valence-corrected chi connectivity index (χ4v) is 1.20. The van der Waals surface area contributed by atoms with Crippen LogP contribution in [0.5, 0.6) is 0 Å². The van der Waals surface area contributed by atoms with Crippen molar-refractivity contribution in [1.29, 1.82) is 0 Å². The van der Waals surface area contributed by atoms with Crippen molar-refractivity contribution in [1.82, 2.24) is 5.32 Å². The van der Waals surface area contributed by atoms with Gasteiger partial charge >= 0.3 is 13.8 Å². The first-order valence-electron chi connectivity index (χ1n) is 4.71. The summed E-state index contributed by atoms with van der Waals surface area (Å²) in [5.41, 5.74) is 0. The van der Waals surface area contributed by atoms with Crippen molar-refractivity contribution in [3.05, 3.63) is 0 Å². The van der Waals surface area contributed by atoms with Crippen LogP contribution in [0.25, 0.3) is 0 Å². The molecule has 17 heavy (non-hydrogen) atoms. The molecule has 0 aromatic heterocycles. The molecule has 0 bridgehead atoms. The number of carboxylic acid groups (broad SMARTS) is 1. The molecule has 102 valence electrons. The van der Waals surface area contributed by atoms with Gasteiger partial charge in [0, 0.05) is 6.54 Å². The summed E-state index contributed by atoms with van der Waals surface area (Å²) in [4.78, 5) is 27.5. The van der Waals surface area contributed by atoms with E-state index in [0.29, 0.717) is 0 Å². The zero-order valence-corrected chi connectivity index (χ0v) is 9.88. The minimum atomic E-state index is -4.68. The molecule has 0 amide bonds. The molecule has 10 heteroatoms. The number of hydrogen-bond donors (Lipinski definition) is 5. The van der Waals surface area contributed by atoms with Crippen molar-refractivity contribution in [2.75, 3.05) is 33.0 Å². The lowest BCUT2D eigenvalue weighted by Gasteiger charge is -2.14. The predicted octanol–water partition coefficient (Wildman–Crippen LogP) is -1.85. The second-order valence-electron chi connectivity index (χ2n) is 2.97. The van der Waals surface area contributed by atoms with Gasteiger partial charge in [0.15, 0.2) is 0 Å². The molecule has 1 unspecified atom stereocenters. The number of nitrogens with one attached hydrogen (secondary N) is 1. The molecule has 0 aliphatic rings. The largest absolute Gasteiger partial charge is 0.480 e. The van der Waals surface area contributed by atoms with E-state index in [1.54, 1.807) is 0 Å².